The Bertz CT molecular complexity index is 1460. The number of sulfonamides is 1. The number of nitrogens with one attached hydrogen (secondary N) is 1. The minimum atomic E-state index is -3.20. The van der Waals surface area contributed by atoms with Gasteiger partial charge >= 0.3 is 5.97 Å². The molecule has 0 aromatic heterocycles. The lowest BCUT2D eigenvalue weighted by atomic mass is 9.94. The highest BCUT2D eigenvalue weighted by Gasteiger charge is 2.35. The standard InChI is InChI=1S/C30H33NO7S/c1-19-12-25(36-11-10-31-39(34,35)26-7-8-26)13-20(2)30(19)22-5-3-4-21(14-22)17-37-24-6-9-27-23(15-29(32)33)18-38-28(27)16-24/h3-6,9,12-14,16,23,26,31H,7-8,10-11,15,17-18H2,1-2H3,(H,32,33). The summed E-state index contributed by atoms with van der Waals surface area (Å²) >= 11 is 0. The maximum Gasteiger partial charge on any atom is 0.304 e. The summed E-state index contributed by atoms with van der Waals surface area (Å²) in [5.74, 6) is 1.10. The summed E-state index contributed by atoms with van der Waals surface area (Å²) in [6, 6.07) is 17.7. The maximum atomic E-state index is 12.0. The van der Waals surface area contributed by atoms with Gasteiger partial charge in [-0.3, -0.25) is 4.79 Å². The van der Waals surface area contributed by atoms with Gasteiger partial charge in [-0.25, -0.2) is 13.1 Å². The first kappa shape index (κ1) is 27.0. The summed E-state index contributed by atoms with van der Waals surface area (Å²) in [4.78, 5) is 11.1. The lowest BCUT2D eigenvalue weighted by Gasteiger charge is -2.15. The van der Waals surface area contributed by atoms with E-state index in [-0.39, 0.29) is 30.7 Å². The fraction of sp³-hybridized carbons (Fsp3) is 0.367. The number of aryl methyl sites for hydroxylation is 2. The molecule has 9 heteroatoms. The number of aliphatic carboxylic acids is 1. The molecular weight excluding hydrogens is 518 g/mol. The van der Waals surface area contributed by atoms with Gasteiger partial charge < -0.3 is 19.3 Å². The quantitative estimate of drug-likeness (QED) is 0.306. The van der Waals surface area contributed by atoms with Crippen molar-refractivity contribution in [3.05, 3.63) is 76.9 Å². The Hall–Kier alpha value is -3.56. The van der Waals surface area contributed by atoms with Crippen LogP contribution in [0.2, 0.25) is 0 Å². The molecule has 1 saturated carbocycles. The third kappa shape index (κ3) is 6.54. The summed E-state index contributed by atoms with van der Waals surface area (Å²) in [7, 11) is -3.20. The van der Waals surface area contributed by atoms with E-state index in [4.69, 9.17) is 19.3 Å². The van der Waals surface area contributed by atoms with Gasteiger partial charge in [0.25, 0.3) is 0 Å². The molecule has 0 bridgehead atoms. The van der Waals surface area contributed by atoms with E-state index in [9.17, 15) is 13.2 Å². The van der Waals surface area contributed by atoms with Crippen molar-refractivity contribution in [2.75, 3.05) is 19.8 Å². The molecule has 3 aromatic rings. The van der Waals surface area contributed by atoms with Gasteiger partial charge in [0.05, 0.1) is 18.3 Å². The van der Waals surface area contributed by atoms with E-state index in [1.165, 1.54) is 0 Å². The number of benzene rings is 3. The van der Waals surface area contributed by atoms with E-state index in [1.54, 1.807) is 0 Å². The maximum absolute atomic E-state index is 12.0. The summed E-state index contributed by atoms with van der Waals surface area (Å²) in [6.07, 6.45) is 1.53. The lowest BCUT2D eigenvalue weighted by Crippen LogP contribution is -2.31. The molecule has 8 nitrogen and oxygen atoms in total. The Kier molecular flexibility index (Phi) is 7.81. The molecule has 206 valence electrons. The minimum absolute atomic E-state index is 0.0495. The second-order valence-corrected chi connectivity index (χ2v) is 12.3. The van der Waals surface area contributed by atoms with E-state index in [0.717, 1.165) is 46.2 Å². The molecule has 2 N–H and O–H groups in total. The van der Waals surface area contributed by atoms with E-state index < -0.39 is 16.0 Å². The zero-order chi connectivity index (χ0) is 27.6. The second kappa shape index (κ2) is 11.3. The molecule has 5 rings (SSSR count). The normalized spacial score (nSPS) is 16.4. The third-order valence-electron chi connectivity index (χ3n) is 7.05. The Labute approximate surface area is 229 Å². The molecule has 3 aromatic carbocycles. The first-order valence-corrected chi connectivity index (χ1v) is 14.7. The molecule has 1 atom stereocenters. The van der Waals surface area contributed by atoms with Gasteiger partial charge in [-0.05, 0) is 78.8 Å². The van der Waals surface area contributed by atoms with Crippen LogP contribution in [0.25, 0.3) is 11.1 Å². The molecule has 1 aliphatic heterocycles. The van der Waals surface area contributed by atoms with Crippen molar-refractivity contribution in [2.45, 2.75) is 50.9 Å². The zero-order valence-corrected chi connectivity index (χ0v) is 22.9. The predicted molar refractivity (Wildman–Crippen MR) is 148 cm³/mol. The number of carboxylic acid groups (broad SMARTS) is 1. The van der Waals surface area contributed by atoms with Gasteiger partial charge in [0.1, 0.15) is 30.5 Å². The van der Waals surface area contributed by atoms with E-state index in [1.807, 2.05) is 56.3 Å². The van der Waals surface area contributed by atoms with Crippen molar-refractivity contribution >= 4 is 16.0 Å². The van der Waals surface area contributed by atoms with Crippen molar-refractivity contribution in [2.24, 2.45) is 0 Å². The Balaban J connectivity index is 1.21. The fourth-order valence-corrected chi connectivity index (χ4v) is 6.38. The van der Waals surface area contributed by atoms with Gasteiger partial charge in [-0.15, -0.1) is 0 Å². The Morgan fingerprint density at radius 3 is 2.51 bits per heavy atom. The molecule has 0 radical (unpaired) electrons. The van der Waals surface area contributed by atoms with Crippen molar-refractivity contribution in [1.82, 2.24) is 4.72 Å². The number of rotatable bonds is 12. The lowest BCUT2D eigenvalue weighted by molar-refractivity contribution is -0.137. The Morgan fingerprint density at radius 1 is 1.03 bits per heavy atom. The van der Waals surface area contributed by atoms with Crippen LogP contribution >= 0.6 is 0 Å². The number of hydrogen-bond donors (Lipinski definition) is 2. The molecule has 1 heterocycles. The second-order valence-electron chi connectivity index (χ2n) is 10.2. The van der Waals surface area contributed by atoms with Gasteiger partial charge in [0.15, 0.2) is 0 Å². The average Bonchev–Trinajstić information content (AvgIpc) is 3.68. The van der Waals surface area contributed by atoms with Gasteiger partial charge in [0.2, 0.25) is 10.0 Å². The van der Waals surface area contributed by atoms with Crippen LogP contribution in [0, 0.1) is 13.8 Å². The molecule has 1 fully saturated rings. The Morgan fingerprint density at radius 2 is 1.79 bits per heavy atom. The molecule has 39 heavy (non-hydrogen) atoms. The smallest absolute Gasteiger partial charge is 0.304 e. The number of carboxylic acids is 1. The van der Waals surface area contributed by atoms with E-state index >= 15 is 0 Å². The molecule has 2 aliphatic rings. The molecular formula is C30H33NO7S. The van der Waals surface area contributed by atoms with Crippen LogP contribution in [-0.4, -0.2) is 44.5 Å². The molecule has 1 unspecified atom stereocenters. The highest BCUT2D eigenvalue weighted by molar-refractivity contribution is 7.90. The predicted octanol–water partition coefficient (Wildman–Crippen LogP) is 4.96. The van der Waals surface area contributed by atoms with Crippen molar-refractivity contribution < 1.29 is 32.5 Å². The summed E-state index contributed by atoms with van der Waals surface area (Å²) in [5, 5.41) is 8.86. The van der Waals surface area contributed by atoms with Crippen LogP contribution < -0.4 is 18.9 Å². The molecule has 0 spiro atoms. The van der Waals surface area contributed by atoms with Crippen LogP contribution in [0.5, 0.6) is 17.2 Å². The van der Waals surface area contributed by atoms with Crippen LogP contribution in [0.1, 0.15) is 47.4 Å². The van der Waals surface area contributed by atoms with Crippen molar-refractivity contribution in [1.29, 1.82) is 0 Å². The third-order valence-corrected chi connectivity index (χ3v) is 9.01. The van der Waals surface area contributed by atoms with Crippen LogP contribution in [0.15, 0.2) is 54.6 Å². The van der Waals surface area contributed by atoms with Gasteiger partial charge in [-0.2, -0.15) is 0 Å². The number of ether oxygens (including phenoxy) is 3. The largest absolute Gasteiger partial charge is 0.492 e. The molecule has 0 saturated heterocycles. The average molecular weight is 552 g/mol. The van der Waals surface area contributed by atoms with Crippen molar-refractivity contribution in [3.8, 4) is 28.4 Å². The highest BCUT2D eigenvalue weighted by Crippen LogP contribution is 2.38. The van der Waals surface area contributed by atoms with Crippen molar-refractivity contribution in [3.63, 3.8) is 0 Å². The summed E-state index contributed by atoms with van der Waals surface area (Å²) in [6.45, 7) is 5.34. The number of carbonyl (C=O) groups is 1. The first-order valence-electron chi connectivity index (χ1n) is 13.1. The topological polar surface area (TPSA) is 111 Å². The van der Waals surface area contributed by atoms with E-state index in [2.05, 4.69) is 16.9 Å². The van der Waals surface area contributed by atoms with Crippen LogP contribution in [0.3, 0.4) is 0 Å². The van der Waals surface area contributed by atoms with Gasteiger partial charge in [0, 0.05) is 24.1 Å². The molecule has 1 aliphatic carbocycles. The first-order chi connectivity index (χ1) is 18.7. The SMILES string of the molecule is Cc1cc(OCCNS(=O)(=O)C2CC2)cc(C)c1-c1cccc(COc2ccc3c(c2)OCC3CC(=O)O)c1. The number of fused-ring (bicyclic) bond motifs is 1. The minimum Gasteiger partial charge on any atom is -0.492 e. The number of hydrogen-bond acceptors (Lipinski definition) is 6. The molecule has 0 amide bonds. The summed E-state index contributed by atoms with van der Waals surface area (Å²) < 4.78 is 44.1. The zero-order valence-electron chi connectivity index (χ0n) is 22.1. The summed E-state index contributed by atoms with van der Waals surface area (Å²) in [5.41, 5.74) is 6.24. The fourth-order valence-electron chi connectivity index (χ4n) is 5.02. The van der Waals surface area contributed by atoms with Gasteiger partial charge in [-0.1, -0.05) is 24.3 Å². The van der Waals surface area contributed by atoms with Crippen LogP contribution in [-0.2, 0) is 21.4 Å². The monoisotopic (exact) mass is 551 g/mol. The van der Waals surface area contributed by atoms with E-state index in [0.29, 0.717) is 30.5 Å². The van der Waals surface area contributed by atoms with Crippen LogP contribution in [0.4, 0.5) is 0 Å². The highest BCUT2D eigenvalue weighted by atomic mass is 32.2.